The van der Waals surface area contributed by atoms with Crippen LogP contribution >= 0.6 is 0 Å². The molecule has 0 aliphatic rings. The number of aromatic amines is 1. The number of alkyl halides is 3. The first-order chi connectivity index (χ1) is 14.1. The average Bonchev–Trinajstić information content (AvgIpc) is 3.02. The second-order valence-corrected chi connectivity index (χ2v) is 7.00. The highest BCUT2D eigenvalue weighted by atomic mass is 19.4. The lowest BCUT2D eigenvalue weighted by Crippen LogP contribution is -2.47. The van der Waals surface area contributed by atoms with Crippen LogP contribution in [0.3, 0.4) is 0 Å². The van der Waals surface area contributed by atoms with Crippen molar-refractivity contribution in [2.75, 3.05) is 6.61 Å². The highest BCUT2D eigenvalue weighted by Gasteiger charge is 2.40. The van der Waals surface area contributed by atoms with Crippen LogP contribution in [0, 0.1) is 18.6 Å². The summed E-state index contributed by atoms with van der Waals surface area (Å²) in [5, 5.41) is 11.1. The van der Waals surface area contributed by atoms with Gasteiger partial charge in [-0.25, -0.2) is 8.78 Å². The molecule has 0 aliphatic carbocycles. The van der Waals surface area contributed by atoms with Crippen LogP contribution in [0.2, 0.25) is 0 Å². The standard InChI is InChI=1S/C21H19F5N2O2/c1-11-8-15-14(6-7-18(30)27-17(10-29)21(24,25)26)19(28-20(15)16(23)9-11)12-2-4-13(22)5-3-12/h2-5,8-9,17,28-29H,6-7,10H2,1H3,(H,27,30)/t17-/m1/s1. The molecule has 0 saturated heterocycles. The van der Waals surface area contributed by atoms with Crippen LogP contribution in [0.4, 0.5) is 22.0 Å². The summed E-state index contributed by atoms with van der Waals surface area (Å²) in [5.74, 6) is -1.87. The van der Waals surface area contributed by atoms with E-state index in [2.05, 4.69) is 4.98 Å². The molecule has 0 radical (unpaired) electrons. The molecule has 0 spiro atoms. The number of nitrogens with one attached hydrogen (secondary N) is 2. The molecule has 1 heterocycles. The van der Waals surface area contributed by atoms with Gasteiger partial charge in [-0.3, -0.25) is 4.79 Å². The summed E-state index contributed by atoms with van der Waals surface area (Å²) < 4.78 is 66.0. The van der Waals surface area contributed by atoms with Gasteiger partial charge in [0.25, 0.3) is 0 Å². The predicted molar refractivity (Wildman–Crippen MR) is 102 cm³/mol. The van der Waals surface area contributed by atoms with E-state index in [9.17, 15) is 26.7 Å². The third-order valence-electron chi connectivity index (χ3n) is 4.76. The van der Waals surface area contributed by atoms with E-state index in [1.807, 2.05) is 0 Å². The fraction of sp³-hybridized carbons (Fsp3) is 0.286. The molecule has 1 atom stereocenters. The zero-order chi connectivity index (χ0) is 22.1. The molecule has 0 saturated carbocycles. The molecule has 3 rings (SSSR count). The zero-order valence-electron chi connectivity index (χ0n) is 15.9. The number of carbonyl (C=O) groups is 1. The highest BCUT2D eigenvalue weighted by Crippen LogP contribution is 2.33. The summed E-state index contributed by atoms with van der Waals surface area (Å²) in [4.78, 5) is 15.0. The molecule has 0 unspecified atom stereocenters. The second-order valence-electron chi connectivity index (χ2n) is 7.00. The van der Waals surface area contributed by atoms with Crippen LogP contribution in [0.1, 0.15) is 17.5 Å². The van der Waals surface area contributed by atoms with Crippen LogP contribution in [-0.4, -0.2) is 34.8 Å². The molecule has 1 aromatic heterocycles. The zero-order valence-corrected chi connectivity index (χ0v) is 15.9. The minimum Gasteiger partial charge on any atom is -0.394 e. The molecule has 0 aliphatic heterocycles. The smallest absolute Gasteiger partial charge is 0.394 e. The quantitative estimate of drug-likeness (QED) is 0.512. The Labute approximate surface area is 168 Å². The first kappa shape index (κ1) is 21.8. The molecule has 0 fully saturated rings. The number of aliphatic hydroxyl groups is 1. The third kappa shape index (κ3) is 4.62. The minimum atomic E-state index is -4.77. The molecule has 9 heteroatoms. The Hall–Kier alpha value is -2.94. The van der Waals surface area contributed by atoms with Crippen molar-refractivity contribution in [1.82, 2.24) is 10.3 Å². The molecule has 30 heavy (non-hydrogen) atoms. The van der Waals surface area contributed by atoms with E-state index in [1.165, 1.54) is 30.3 Å². The number of carbonyl (C=O) groups excluding carboxylic acids is 1. The van der Waals surface area contributed by atoms with Crippen LogP contribution in [0.15, 0.2) is 36.4 Å². The van der Waals surface area contributed by atoms with E-state index in [-0.39, 0.29) is 18.4 Å². The number of aromatic nitrogens is 1. The number of amides is 1. The summed E-state index contributed by atoms with van der Waals surface area (Å²) in [6.45, 7) is 0.423. The SMILES string of the molecule is Cc1cc(F)c2[nH]c(-c3ccc(F)cc3)c(CCC(=O)N[C@H](CO)C(F)(F)F)c2c1. The van der Waals surface area contributed by atoms with Crippen molar-refractivity contribution in [2.24, 2.45) is 0 Å². The summed E-state index contributed by atoms with van der Waals surface area (Å²) in [7, 11) is 0. The van der Waals surface area contributed by atoms with Gasteiger partial charge >= 0.3 is 6.18 Å². The van der Waals surface area contributed by atoms with Crippen LogP contribution < -0.4 is 5.32 Å². The highest BCUT2D eigenvalue weighted by molar-refractivity contribution is 5.92. The number of rotatable bonds is 6. The van der Waals surface area contributed by atoms with Gasteiger partial charge in [0, 0.05) is 17.5 Å². The second kappa shape index (κ2) is 8.43. The van der Waals surface area contributed by atoms with Gasteiger partial charge in [0.05, 0.1) is 12.1 Å². The van der Waals surface area contributed by atoms with Crippen LogP contribution in [0.25, 0.3) is 22.2 Å². The van der Waals surface area contributed by atoms with E-state index in [4.69, 9.17) is 5.11 Å². The Balaban J connectivity index is 1.94. The lowest BCUT2D eigenvalue weighted by atomic mass is 10.00. The first-order valence-corrected chi connectivity index (χ1v) is 9.13. The minimum absolute atomic E-state index is 0.0114. The van der Waals surface area contributed by atoms with Crippen molar-refractivity contribution in [3.05, 3.63) is 59.2 Å². The molecule has 3 N–H and O–H groups in total. The van der Waals surface area contributed by atoms with Gasteiger partial charge in [-0.15, -0.1) is 0 Å². The monoisotopic (exact) mass is 426 g/mol. The number of benzene rings is 2. The maximum atomic E-state index is 14.4. The molecule has 1 amide bonds. The summed E-state index contributed by atoms with van der Waals surface area (Å²) in [6.07, 6.45) is -5.08. The summed E-state index contributed by atoms with van der Waals surface area (Å²) in [5.41, 5.74) is 2.36. The topological polar surface area (TPSA) is 65.1 Å². The van der Waals surface area contributed by atoms with Gasteiger partial charge in [-0.05, 0) is 66.4 Å². The van der Waals surface area contributed by atoms with Gasteiger partial charge in [-0.1, -0.05) is 0 Å². The molecule has 2 aromatic carbocycles. The van der Waals surface area contributed by atoms with Gasteiger partial charge in [0.2, 0.25) is 5.91 Å². The number of hydrogen-bond donors (Lipinski definition) is 3. The maximum absolute atomic E-state index is 14.4. The predicted octanol–water partition coefficient (Wildman–Crippen LogP) is 4.39. The fourth-order valence-corrected chi connectivity index (χ4v) is 3.30. The Morgan fingerprint density at radius 3 is 2.43 bits per heavy atom. The molecular weight excluding hydrogens is 407 g/mol. The number of hydrogen-bond acceptors (Lipinski definition) is 2. The van der Waals surface area contributed by atoms with Gasteiger partial charge in [0.15, 0.2) is 0 Å². The Morgan fingerprint density at radius 1 is 1.17 bits per heavy atom. The Bertz CT molecular complexity index is 1060. The van der Waals surface area contributed by atoms with E-state index < -0.39 is 36.4 Å². The number of aliphatic hydroxyl groups excluding tert-OH is 1. The Morgan fingerprint density at radius 2 is 1.83 bits per heavy atom. The van der Waals surface area contributed by atoms with Crippen molar-refractivity contribution < 1.29 is 31.9 Å². The van der Waals surface area contributed by atoms with Crippen molar-refractivity contribution in [3.63, 3.8) is 0 Å². The first-order valence-electron chi connectivity index (χ1n) is 9.13. The molecule has 0 bridgehead atoms. The Kier molecular flexibility index (Phi) is 6.12. The fourth-order valence-electron chi connectivity index (χ4n) is 3.30. The lowest BCUT2D eigenvalue weighted by Gasteiger charge is -2.19. The van der Waals surface area contributed by atoms with Crippen LogP contribution in [0.5, 0.6) is 0 Å². The molecular formula is C21H19F5N2O2. The summed E-state index contributed by atoms with van der Waals surface area (Å²) in [6, 6.07) is 6.12. The largest absolute Gasteiger partial charge is 0.410 e. The number of aryl methyl sites for hydroxylation is 2. The van der Waals surface area contributed by atoms with E-state index in [0.29, 0.717) is 27.8 Å². The molecule has 160 valence electrons. The van der Waals surface area contributed by atoms with Gasteiger partial charge < -0.3 is 15.4 Å². The molecule has 3 aromatic rings. The van der Waals surface area contributed by atoms with Crippen molar-refractivity contribution >= 4 is 16.8 Å². The van der Waals surface area contributed by atoms with E-state index in [0.717, 1.165) is 0 Å². The number of H-pyrrole nitrogens is 1. The van der Waals surface area contributed by atoms with Crippen molar-refractivity contribution in [1.29, 1.82) is 0 Å². The molecule has 4 nitrogen and oxygen atoms in total. The maximum Gasteiger partial charge on any atom is 0.410 e. The number of halogens is 5. The third-order valence-corrected chi connectivity index (χ3v) is 4.76. The average molecular weight is 426 g/mol. The number of fused-ring (bicyclic) bond motifs is 1. The summed E-state index contributed by atoms with van der Waals surface area (Å²) >= 11 is 0. The van der Waals surface area contributed by atoms with Crippen molar-refractivity contribution in [2.45, 2.75) is 32.0 Å². The van der Waals surface area contributed by atoms with Crippen molar-refractivity contribution in [3.8, 4) is 11.3 Å². The van der Waals surface area contributed by atoms with Gasteiger partial charge in [0.1, 0.15) is 17.7 Å². The lowest BCUT2D eigenvalue weighted by molar-refractivity contribution is -0.168. The van der Waals surface area contributed by atoms with Gasteiger partial charge in [-0.2, -0.15) is 13.2 Å². The normalized spacial score (nSPS) is 12.9. The van der Waals surface area contributed by atoms with E-state index in [1.54, 1.807) is 18.3 Å². The van der Waals surface area contributed by atoms with E-state index >= 15 is 0 Å². The van der Waals surface area contributed by atoms with Crippen LogP contribution in [-0.2, 0) is 11.2 Å².